The van der Waals surface area contributed by atoms with Crippen LogP contribution in [0.15, 0.2) is 48.5 Å². The number of benzene rings is 2. The minimum Gasteiger partial charge on any atom is -0.508 e. The van der Waals surface area contributed by atoms with Crippen LogP contribution >= 0.6 is 0 Å². The maximum Gasteiger partial charge on any atom is 0.115 e. The second-order valence-corrected chi connectivity index (χ2v) is 6.00. The molecule has 2 aromatic rings. The van der Waals surface area contributed by atoms with Crippen LogP contribution in [0.4, 0.5) is 0 Å². The lowest BCUT2D eigenvalue weighted by molar-refractivity contribution is 0.426. The highest BCUT2D eigenvalue weighted by atomic mass is 16.3. The molecular formula is C19H23NO. The zero-order valence-electron chi connectivity index (χ0n) is 12.4. The van der Waals surface area contributed by atoms with Crippen molar-refractivity contribution < 1.29 is 5.11 Å². The number of fused-ring (bicyclic) bond motifs is 1. The molecule has 0 saturated carbocycles. The number of hydrogen-bond donors (Lipinski definition) is 2. The largest absolute Gasteiger partial charge is 0.508 e. The Bertz CT molecular complexity index is 576. The van der Waals surface area contributed by atoms with E-state index in [-0.39, 0.29) is 0 Å². The zero-order valence-corrected chi connectivity index (χ0v) is 12.4. The van der Waals surface area contributed by atoms with Crippen LogP contribution in [0.5, 0.6) is 5.75 Å². The fourth-order valence-corrected chi connectivity index (χ4v) is 3.15. The van der Waals surface area contributed by atoms with Crippen LogP contribution in [-0.4, -0.2) is 18.2 Å². The van der Waals surface area contributed by atoms with Crippen molar-refractivity contribution in [3.8, 4) is 5.75 Å². The molecule has 1 atom stereocenters. The molecule has 0 radical (unpaired) electrons. The number of rotatable bonds is 5. The lowest BCUT2D eigenvalue weighted by Crippen LogP contribution is -2.28. The Morgan fingerprint density at radius 3 is 2.57 bits per heavy atom. The van der Waals surface area contributed by atoms with E-state index >= 15 is 0 Å². The van der Waals surface area contributed by atoms with Crippen molar-refractivity contribution in [1.29, 1.82) is 0 Å². The Balaban J connectivity index is 1.41. The molecule has 3 rings (SSSR count). The number of phenols is 1. The molecule has 0 fully saturated rings. The zero-order chi connectivity index (χ0) is 14.5. The quantitative estimate of drug-likeness (QED) is 0.824. The van der Waals surface area contributed by atoms with Gasteiger partial charge in [0.05, 0.1) is 0 Å². The fraction of sp³-hybridized carbons (Fsp3) is 0.368. The van der Waals surface area contributed by atoms with Crippen LogP contribution in [-0.2, 0) is 19.3 Å². The second-order valence-electron chi connectivity index (χ2n) is 6.00. The molecule has 0 saturated heterocycles. The molecule has 0 aliphatic heterocycles. The molecule has 2 heteroatoms. The van der Waals surface area contributed by atoms with Gasteiger partial charge < -0.3 is 10.4 Å². The van der Waals surface area contributed by atoms with E-state index in [0.717, 1.165) is 25.4 Å². The van der Waals surface area contributed by atoms with E-state index in [2.05, 4.69) is 29.6 Å². The summed E-state index contributed by atoms with van der Waals surface area (Å²) in [6.07, 6.45) is 4.75. The van der Waals surface area contributed by atoms with Gasteiger partial charge in [-0.05, 0) is 73.5 Å². The standard InChI is InChI=1S/C19H23NO/c21-19-9-6-15(7-10-19)11-12-20-14-16-5-8-17-3-1-2-4-18(17)13-16/h1-4,6-7,9-10,16,20-21H,5,8,11-14H2. The summed E-state index contributed by atoms with van der Waals surface area (Å²) in [5.41, 5.74) is 4.35. The summed E-state index contributed by atoms with van der Waals surface area (Å²) in [7, 11) is 0. The number of aryl methyl sites for hydroxylation is 1. The minimum absolute atomic E-state index is 0.340. The third-order valence-corrected chi connectivity index (χ3v) is 4.41. The van der Waals surface area contributed by atoms with Crippen molar-refractivity contribution in [2.75, 3.05) is 13.1 Å². The van der Waals surface area contributed by atoms with Gasteiger partial charge in [-0.15, -0.1) is 0 Å². The number of hydrogen-bond acceptors (Lipinski definition) is 2. The van der Waals surface area contributed by atoms with Gasteiger partial charge >= 0.3 is 0 Å². The maximum absolute atomic E-state index is 9.26. The molecule has 1 unspecified atom stereocenters. The van der Waals surface area contributed by atoms with Gasteiger partial charge in [0.2, 0.25) is 0 Å². The Kier molecular flexibility index (Phi) is 4.56. The Labute approximate surface area is 126 Å². The highest BCUT2D eigenvalue weighted by Gasteiger charge is 2.17. The first-order chi connectivity index (χ1) is 10.3. The molecule has 1 aliphatic carbocycles. The predicted molar refractivity (Wildman–Crippen MR) is 86.6 cm³/mol. The first kappa shape index (κ1) is 14.2. The van der Waals surface area contributed by atoms with Crippen LogP contribution in [0.1, 0.15) is 23.1 Å². The summed E-state index contributed by atoms with van der Waals surface area (Å²) < 4.78 is 0. The second kappa shape index (κ2) is 6.77. The summed E-state index contributed by atoms with van der Waals surface area (Å²) in [4.78, 5) is 0. The average Bonchev–Trinajstić information content (AvgIpc) is 2.53. The monoisotopic (exact) mass is 281 g/mol. The van der Waals surface area contributed by atoms with Crippen molar-refractivity contribution in [3.05, 3.63) is 65.2 Å². The predicted octanol–water partition coefficient (Wildman–Crippen LogP) is 3.33. The van der Waals surface area contributed by atoms with Gasteiger partial charge in [-0.1, -0.05) is 36.4 Å². The molecule has 0 bridgehead atoms. The van der Waals surface area contributed by atoms with Crippen LogP contribution < -0.4 is 5.32 Å². The van der Waals surface area contributed by atoms with Crippen molar-refractivity contribution in [3.63, 3.8) is 0 Å². The smallest absolute Gasteiger partial charge is 0.115 e. The van der Waals surface area contributed by atoms with Crippen LogP contribution in [0.25, 0.3) is 0 Å². The van der Waals surface area contributed by atoms with Crippen molar-refractivity contribution >= 4 is 0 Å². The summed E-state index contributed by atoms with van der Waals surface area (Å²) >= 11 is 0. The summed E-state index contributed by atoms with van der Waals surface area (Å²) in [6, 6.07) is 16.3. The molecule has 21 heavy (non-hydrogen) atoms. The molecule has 2 nitrogen and oxygen atoms in total. The van der Waals surface area contributed by atoms with Gasteiger partial charge in [0.1, 0.15) is 5.75 Å². The van der Waals surface area contributed by atoms with Gasteiger partial charge in [-0.25, -0.2) is 0 Å². The van der Waals surface area contributed by atoms with Crippen LogP contribution in [0.3, 0.4) is 0 Å². The molecule has 2 N–H and O–H groups in total. The lowest BCUT2D eigenvalue weighted by Gasteiger charge is -2.24. The molecular weight excluding hydrogens is 258 g/mol. The highest BCUT2D eigenvalue weighted by molar-refractivity contribution is 5.29. The topological polar surface area (TPSA) is 32.3 Å². The number of phenolic OH excluding ortho intramolecular Hbond substituents is 1. The molecule has 0 heterocycles. The van der Waals surface area contributed by atoms with E-state index in [1.54, 1.807) is 12.1 Å². The highest BCUT2D eigenvalue weighted by Crippen LogP contribution is 2.24. The molecule has 0 spiro atoms. The maximum atomic E-state index is 9.26. The van der Waals surface area contributed by atoms with E-state index in [1.807, 2.05) is 12.1 Å². The average molecular weight is 281 g/mol. The lowest BCUT2D eigenvalue weighted by atomic mass is 9.84. The van der Waals surface area contributed by atoms with Gasteiger partial charge in [-0.3, -0.25) is 0 Å². The Morgan fingerprint density at radius 2 is 1.76 bits per heavy atom. The van der Waals surface area contributed by atoms with Crippen molar-refractivity contribution in [1.82, 2.24) is 5.32 Å². The third kappa shape index (κ3) is 3.85. The van der Waals surface area contributed by atoms with E-state index < -0.39 is 0 Å². The number of aromatic hydroxyl groups is 1. The molecule has 1 aliphatic rings. The van der Waals surface area contributed by atoms with Gasteiger partial charge in [0.15, 0.2) is 0 Å². The van der Waals surface area contributed by atoms with Crippen molar-refractivity contribution in [2.24, 2.45) is 5.92 Å². The van der Waals surface area contributed by atoms with Gasteiger partial charge in [-0.2, -0.15) is 0 Å². The minimum atomic E-state index is 0.340. The molecule has 0 aromatic heterocycles. The first-order valence-electron chi connectivity index (χ1n) is 7.86. The summed E-state index contributed by atoms with van der Waals surface area (Å²) in [5.74, 6) is 1.10. The van der Waals surface area contributed by atoms with Gasteiger partial charge in [0.25, 0.3) is 0 Å². The van der Waals surface area contributed by atoms with Crippen LogP contribution in [0, 0.1) is 5.92 Å². The van der Waals surface area contributed by atoms with Crippen LogP contribution in [0.2, 0.25) is 0 Å². The summed E-state index contributed by atoms with van der Waals surface area (Å²) in [5, 5.41) is 12.8. The SMILES string of the molecule is Oc1ccc(CCNCC2CCc3ccccc3C2)cc1. The van der Waals surface area contributed by atoms with E-state index in [9.17, 15) is 5.11 Å². The third-order valence-electron chi connectivity index (χ3n) is 4.41. The van der Waals surface area contributed by atoms with E-state index in [4.69, 9.17) is 0 Å². The fourth-order valence-electron chi connectivity index (χ4n) is 3.15. The molecule has 0 amide bonds. The first-order valence-corrected chi connectivity index (χ1v) is 7.86. The molecule has 2 aromatic carbocycles. The van der Waals surface area contributed by atoms with Gasteiger partial charge in [0, 0.05) is 0 Å². The Hall–Kier alpha value is -1.80. The van der Waals surface area contributed by atoms with E-state index in [1.165, 1.54) is 36.0 Å². The number of nitrogens with one attached hydrogen (secondary N) is 1. The van der Waals surface area contributed by atoms with E-state index in [0.29, 0.717) is 5.75 Å². The Morgan fingerprint density at radius 1 is 1.00 bits per heavy atom. The molecule has 110 valence electrons. The van der Waals surface area contributed by atoms with Crippen molar-refractivity contribution in [2.45, 2.75) is 25.7 Å². The summed E-state index contributed by atoms with van der Waals surface area (Å²) in [6.45, 7) is 2.11. The normalized spacial score (nSPS) is 17.4.